The van der Waals surface area contributed by atoms with E-state index in [0.717, 1.165) is 44.3 Å². The minimum atomic E-state index is -0.883. The van der Waals surface area contributed by atoms with E-state index < -0.39 is 5.97 Å². The molecule has 5 heteroatoms. The fourth-order valence-corrected chi connectivity index (χ4v) is 3.51. The van der Waals surface area contributed by atoms with Gasteiger partial charge in [0, 0.05) is 19.7 Å². The SMILES string of the molecule is O=C(O)c1cccc(CC2CCN(C(=O)[C@@H]3CCOC3)CC2)c1. The Morgan fingerprint density at radius 2 is 2.00 bits per heavy atom. The number of aromatic carboxylic acids is 1. The van der Waals surface area contributed by atoms with Crippen molar-refractivity contribution in [1.29, 1.82) is 0 Å². The second-order valence-corrected chi connectivity index (χ2v) is 6.54. The van der Waals surface area contributed by atoms with E-state index in [1.165, 1.54) is 0 Å². The van der Waals surface area contributed by atoms with Crippen molar-refractivity contribution in [3.63, 3.8) is 0 Å². The van der Waals surface area contributed by atoms with Gasteiger partial charge in [0.1, 0.15) is 0 Å². The molecule has 2 saturated heterocycles. The van der Waals surface area contributed by atoms with Gasteiger partial charge >= 0.3 is 5.97 Å². The summed E-state index contributed by atoms with van der Waals surface area (Å²) >= 11 is 0. The molecule has 1 aromatic carbocycles. The number of amides is 1. The molecule has 1 atom stereocenters. The van der Waals surface area contributed by atoms with Crippen LogP contribution in [0.15, 0.2) is 24.3 Å². The van der Waals surface area contributed by atoms with Gasteiger partial charge in [-0.3, -0.25) is 4.79 Å². The Bertz CT molecular complexity index is 572. The molecule has 23 heavy (non-hydrogen) atoms. The number of benzene rings is 1. The van der Waals surface area contributed by atoms with Gasteiger partial charge < -0.3 is 14.7 Å². The van der Waals surface area contributed by atoms with Crippen LogP contribution >= 0.6 is 0 Å². The number of carboxylic acids is 1. The first kappa shape index (κ1) is 16.0. The predicted molar refractivity (Wildman–Crippen MR) is 85.3 cm³/mol. The minimum Gasteiger partial charge on any atom is -0.478 e. The maximum atomic E-state index is 12.4. The van der Waals surface area contributed by atoms with E-state index in [1.807, 2.05) is 11.0 Å². The average molecular weight is 317 g/mol. The molecule has 3 rings (SSSR count). The summed E-state index contributed by atoms with van der Waals surface area (Å²) in [4.78, 5) is 25.4. The lowest BCUT2D eigenvalue weighted by Crippen LogP contribution is -2.42. The Labute approximate surface area is 136 Å². The number of nitrogens with zero attached hydrogens (tertiary/aromatic N) is 1. The highest BCUT2D eigenvalue weighted by molar-refractivity contribution is 5.87. The van der Waals surface area contributed by atoms with Gasteiger partial charge in [-0.15, -0.1) is 0 Å². The van der Waals surface area contributed by atoms with Crippen molar-refractivity contribution in [2.24, 2.45) is 11.8 Å². The third-order valence-electron chi connectivity index (χ3n) is 4.90. The monoisotopic (exact) mass is 317 g/mol. The molecule has 0 unspecified atom stereocenters. The van der Waals surface area contributed by atoms with Gasteiger partial charge in [0.25, 0.3) is 0 Å². The zero-order valence-corrected chi connectivity index (χ0v) is 13.2. The molecule has 5 nitrogen and oxygen atoms in total. The molecule has 1 aromatic rings. The second-order valence-electron chi connectivity index (χ2n) is 6.54. The zero-order valence-electron chi connectivity index (χ0n) is 13.2. The molecule has 2 aliphatic rings. The van der Waals surface area contributed by atoms with Crippen LogP contribution in [0.3, 0.4) is 0 Å². The topological polar surface area (TPSA) is 66.8 Å². The first-order valence-corrected chi connectivity index (χ1v) is 8.32. The number of ether oxygens (including phenoxy) is 1. The van der Waals surface area contributed by atoms with Crippen LogP contribution in [0.25, 0.3) is 0 Å². The van der Waals surface area contributed by atoms with Crippen molar-refractivity contribution in [3.05, 3.63) is 35.4 Å². The van der Waals surface area contributed by atoms with Gasteiger partial charge in [0.2, 0.25) is 5.91 Å². The summed E-state index contributed by atoms with van der Waals surface area (Å²) in [5, 5.41) is 9.06. The van der Waals surface area contributed by atoms with Crippen molar-refractivity contribution in [2.75, 3.05) is 26.3 Å². The molecule has 0 saturated carbocycles. The standard InChI is InChI=1S/C18H23NO4/c20-17(16-6-9-23-12-16)19-7-4-13(5-8-19)10-14-2-1-3-15(11-14)18(21)22/h1-3,11,13,16H,4-10,12H2,(H,21,22)/t16-/m1/s1. The average Bonchev–Trinajstić information content (AvgIpc) is 3.09. The highest BCUT2D eigenvalue weighted by Crippen LogP contribution is 2.25. The largest absolute Gasteiger partial charge is 0.478 e. The minimum absolute atomic E-state index is 0.0544. The summed E-state index contributed by atoms with van der Waals surface area (Å²) in [6.07, 6.45) is 3.70. The van der Waals surface area contributed by atoms with E-state index in [-0.39, 0.29) is 11.8 Å². The van der Waals surface area contributed by atoms with Crippen LogP contribution in [0.2, 0.25) is 0 Å². The summed E-state index contributed by atoms with van der Waals surface area (Å²) < 4.78 is 5.30. The van der Waals surface area contributed by atoms with Crippen molar-refractivity contribution in [2.45, 2.75) is 25.7 Å². The normalized spacial score (nSPS) is 22.3. The smallest absolute Gasteiger partial charge is 0.335 e. The number of carbonyl (C=O) groups is 2. The van der Waals surface area contributed by atoms with Crippen molar-refractivity contribution in [1.82, 2.24) is 4.90 Å². The van der Waals surface area contributed by atoms with Gasteiger partial charge in [-0.05, 0) is 49.3 Å². The quantitative estimate of drug-likeness (QED) is 0.924. The lowest BCUT2D eigenvalue weighted by molar-refractivity contribution is -0.136. The fourth-order valence-electron chi connectivity index (χ4n) is 3.51. The van der Waals surface area contributed by atoms with Crippen LogP contribution in [0, 0.1) is 11.8 Å². The molecular formula is C18H23NO4. The Kier molecular flexibility index (Phi) is 4.96. The summed E-state index contributed by atoms with van der Waals surface area (Å²) in [6.45, 7) is 2.88. The molecule has 0 radical (unpaired) electrons. The van der Waals surface area contributed by atoms with E-state index in [0.29, 0.717) is 24.7 Å². The molecule has 2 aliphatic heterocycles. The van der Waals surface area contributed by atoms with E-state index in [1.54, 1.807) is 18.2 Å². The Hall–Kier alpha value is -1.88. The highest BCUT2D eigenvalue weighted by atomic mass is 16.5. The van der Waals surface area contributed by atoms with Crippen LogP contribution in [-0.4, -0.2) is 48.2 Å². The van der Waals surface area contributed by atoms with E-state index in [2.05, 4.69) is 0 Å². The third-order valence-corrected chi connectivity index (χ3v) is 4.90. The Morgan fingerprint density at radius 3 is 2.65 bits per heavy atom. The summed E-state index contributed by atoms with van der Waals surface area (Å²) in [5.41, 5.74) is 1.41. The molecule has 2 heterocycles. The number of piperidine rings is 1. The van der Waals surface area contributed by atoms with Crippen LogP contribution in [0.4, 0.5) is 0 Å². The van der Waals surface area contributed by atoms with Crippen LogP contribution in [0.5, 0.6) is 0 Å². The van der Waals surface area contributed by atoms with Gasteiger partial charge in [0.15, 0.2) is 0 Å². The number of hydrogen-bond acceptors (Lipinski definition) is 3. The molecule has 0 aromatic heterocycles. The van der Waals surface area contributed by atoms with Crippen LogP contribution in [0.1, 0.15) is 35.2 Å². The molecule has 0 spiro atoms. The second kappa shape index (κ2) is 7.13. The highest BCUT2D eigenvalue weighted by Gasteiger charge is 2.30. The molecule has 0 aliphatic carbocycles. The number of carbonyl (C=O) groups excluding carboxylic acids is 1. The van der Waals surface area contributed by atoms with E-state index in [9.17, 15) is 9.59 Å². The molecule has 0 bridgehead atoms. The van der Waals surface area contributed by atoms with Gasteiger partial charge in [-0.2, -0.15) is 0 Å². The molecule has 1 amide bonds. The Balaban J connectivity index is 1.52. The lowest BCUT2D eigenvalue weighted by atomic mass is 9.89. The van der Waals surface area contributed by atoms with Gasteiger partial charge in [-0.1, -0.05) is 12.1 Å². The lowest BCUT2D eigenvalue weighted by Gasteiger charge is -2.33. The van der Waals surface area contributed by atoms with E-state index >= 15 is 0 Å². The maximum Gasteiger partial charge on any atom is 0.335 e. The predicted octanol–water partition coefficient (Wildman–Crippen LogP) is 2.20. The van der Waals surface area contributed by atoms with E-state index in [4.69, 9.17) is 9.84 Å². The van der Waals surface area contributed by atoms with Gasteiger partial charge in [-0.25, -0.2) is 4.79 Å². The number of likely N-dealkylation sites (tertiary alicyclic amines) is 1. The summed E-state index contributed by atoms with van der Waals surface area (Å²) in [7, 11) is 0. The number of carboxylic acid groups (broad SMARTS) is 1. The fraction of sp³-hybridized carbons (Fsp3) is 0.556. The van der Waals surface area contributed by atoms with Crippen LogP contribution in [-0.2, 0) is 16.0 Å². The first-order valence-electron chi connectivity index (χ1n) is 8.32. The zero-order chi connectivity index (χ0) is 16.2. The van der Waals surface area contributed by atoms with Crippen molar-refractivity contribution >= 4 is 11.9 Å². The Morgan fingerprint density at radius 1 is 1.22 bits per heavy atom. The van der Waals surface area contributed by atoms with Crippen molar-refractivity contribution in [3.8, 4) is 0 Å². The molecule has 1 N–H and O–H groups in total. The van der Waals surface area contributed by atoms with Crippen LogP contribution < -0.4 is 0 Å². The molecular weight excluding hydrogens is 294 g/mol. The third kappa shape index (κ3) is 3.91. The summed E-state index contributed by atoms with van der Waals surface area (Å²) in [6, 6.07) is 7.17. The van der Waals surface area contributed by atoms with Crippen molar-refractivity contribution < 1.29 is 19.4 Å². The number of hydrogen-bond donors (Lipinski definition) is 1. The summed E-state index contributed by atoms with van der Waals surface area (Å²) in [5.74, 6) is -0.0680. The molecule has 124 valence electrons. The van der Waals surface area contributed by atoms with Gasteiger partial charge in [0.05, 0.1) is 18.1 Å². The number of rotatable bonds is 4. The first-order chi connectivity index (χ1) is 11.1. The maximum absolute atomic E-state index is 12.4. The molecule has 2 fully saturated rings.